The van der Waals surface area contributed by atoms with Crippen molar-refractivity contribution >= 4 is 5.69 Å². The van der Waals surface area contributed by atoms with Crippen molar-refractivity contribution in [1.82, 2.24) is 15.0 Å². The number of anilines is 1. The lowest BCUT2D eigenvalue weighted by atomic mass is 10.1. The van der Waals surface area contributed by atoms with Crippen molar-refractivity contribution in [3.05, 3.63) is 41.5 Å². The normalized spacial score (nSPS) is 11.7. The van der Waals surface area contributed by atoms with E-state index in [0.717, 1.165) is 12.1 Å². The Bertz CT molecular complexity index is 617. The maximum absolute atomic E-state index is 13.4. The molecule has 0 saturated heterocycles. The Morgan fingerprint density at radius 3 is 2.45 bits per heavy atom. The number of hydrogen-bond donors (Lipinski definition) is 1. The molecule has 0 spiro atoms. The Morgan fingerprint density at radius 1 is 1.15 bits per heavy atom. The molecule has 0 atom stereocenters. The summed E-state index contributed by atoms with van der Waals surface area (Å²) in [4.78, 5) is 0. The van der Waals surface area contributed by atoms with E-state index >= 15 is 0 Å². The summed E-state index contributed by atoms with van der Waals surface area (Å²) in [6.07, 6.45) is 1.71. The molecule has 2 rings (SSSR count). The molecule has 0 unspecified atom stereocenters. The van der Waals surface area contributed by atoms with Gasteiger partial charge in [0.2, 0.25) is 0 Å². The summed E-state index contributed by atoms with van der Waals surface area (Å²) in [6, 6.07) is 2.01. The number of nitrogens with zero attached hydrogens (tertiary/aromatic N) is 3. The Kier molecular flexibility index (Phi) is 3.69. The highest BCUT2D eigenvalue weighted by Crippen LogP contribution is 2.20. The number of halogens is 3. The molecule has 0 bridgehead atoms. The summed E-state index contributed by atoms with van der Waals surface area (Å²) in [5.74, 6) is -3.95. The van der Waals surface area contributed by atoms with Gasteiger partial charge in [0.25, 0.3) is 0 Å². The van der Waals surface area contributed by atoms with Crippen LogP contribution in [0.1, 0.15) is 26.5 Å². The standard InChI is InChI=1S/C13H15F3N4/c1-13(2,3)20-7-8(18-19-20)6-17-10-5-4-9(14)11(15)12(10)16/h4-5,7,17H,6H2,1-3H3. The van der Waals surface area contributed by atoms with Gasteiger partial charge in [-0.3, -0.25) is 0 Å². The summed E-state index contributed by atoms with van der Waals surface area (Å²) in [5.41, 5.74) is 0.247. The van der Waals surface area contributed by atoms with E-state index < -0.39 is 17.5 Å². The lowest BCUT2D eigenvalue weighted by Crippen LogP contribution is -2.22. The van der Waals surface area contributed by atoms with E-state index in [1.165, 1.54) is 0 Å². The zero-order valence-electron chi connectivity index (χ0n) is 11.4. The number of nitrogens with one attached hydrogen (secondary N) is 1. The minimum atomic E-state index is -1.49. The molecular weight excluding hydrogens is 269 g/mol. The van der Waals surface area contributed by atoms with Crippen molar-refractivity contribution in [1.29, 1.82) is 0 Å². The molecule has 0 amide bonds. The predicted octanol–water partition coefficient (Wildman–Crippen LogP) is 3.06. The highest BCUT2D eigenvalue weighted by molar-refractivity contribution is 5.45. The van der Waals surface area contributed by atoms with Crippen molar-refractivity contribution < 1.29 is 13.2 Å². The van der Waals surface area contributed by atoms with E-state index in [1.54, 1.807) is 10.9 Å². The van der Waals surface area contributed by atoms with E-state index in [1.807, 2.05) is 20.8 Å². The Hall–Kier alpha value is -2.05. The Balaban J connectivity index is 2.10. The summed E-state index contributed by atoms with van der Waals surface area (Å²) >= 11 is 0. The number of hydrogen-bond acceptors (Lipinski definition) is 3. The molecule has 0 aliphatic heterocycles. The van der Waals surface area contributed by atoms with Crippen LogP contribution >= 0.6 is 0 Å². The lowest BCUT2D eigenvalue weighted by Gasteiger charge is -2.17. The van der Waals surface area contributed by atoms with Crippen LogP contribution in [0.5, 0.6) is 0 Å². The van der Waals surface area contributed by atoms with E-state index in [-0.39, 0.29) is 17.8 Å². The van der Waals surface area contributed by atoms with Gasteiger partial charge < -0.3 is 5.32 Å². The minimum Gasteiger partial charge on any atom is -0.377 e. The van der Waals surface area contributed by atoms with Crippen LogP contribution in [0.15, 0.2) is 18.3 Å². The second-order valence-electron chi connectivity index (χ2n) is 5.40. The molecule has 0 radical (unpaired) electrons. The van der Waals surface area contributed by atoms with Crippen molar-refractivity contribution in [2.75, 3.05) is 5.32 Å². The van der Waals surface area contributed by atoms with Gasteiger partial charge in [-0.05, 0) is 32.9 Å². The maximum atomic E-state index is 13.4. The maximum Gasteiger partial charge on any atom is 0.196 e. The molecule has 0 saturated carbocycles. The third-order valence-electron chi connectivity index (χ3n) is 2.72. The van der Waals surface area contributed by atoms with Gasteiger partial charge in [-0.2, -0.15) is 0 Å². The summed E-state index contributed by atoms with van der Waals surface area (Å²) in [6.45, 7) is 6.06. The first-order valence-electron chi connectivity index (χ1n) is 6.08. The van der Waals surface area contributed by atoms with E-state index in [4.69, 9.17) is 0 Å². The monoisotopic (exact) mass is 284 g/mol. The third-order valence-corrected chi connectivity index (χ3v) is 2.72. The first-order chi connectivity index (χ1) is 9.29. The van der Waals surface area contributed by atoms with Crippen molar-refractivity contribution in [3.63, 3.8) is 0 Å². The average Bonchev–Trinajstić information content (AvgIpc) is 2.84. The fourth-order valence-electron chi connectivity index (χ4n) is 1.56. The molecular formula is C13H15F3N4. The van der Waals surface area contributed by atoms with Gasteiger partial charge in [0.05, 0.1) is 24.0 Å². The third kappa shape index (κ3) is 2.92. The molecule has 0 fully saturated rings. The van der Waals surface area contributed by atoms with Crippen LogP contribution in [-0.4, -0.2) is 15.0 Å². The van der Waals surface area contributed by atoms with Crippen LogP contribution in [0.2, 0.25) is 0 Å². The van der Waals surface area contributed by atoms with Gasteiger partial charge in [-0.25, -0.2) is 17.9 Å². The van der Waals surface area contributed by atoms with Crippen LogP contribution in [0.4, 0.5) is 18.9 Å². The molecule has 0 aliphatic rings. The van der Waals surface area contributed by atoms with Crippen molar-refractivity contribution in [2.24, 2.45) is 0 Å². The van der Waals surface area contributed by atoms with Gasteiger partial charge >= 0.3 is 0 Å². The molecule has 1 aromatic carbocycles. The number of rotatable bonds is 3. The summed E-state index contributed by atoms with van der Waals surface area (Å²) < 4.78 is 41.0. The van der Waals surface area contributed by atoms with E-state index in [2.05, 4.69) is 15.6 Å². The van der Waals surface area contributed by atoms with Crippen LogP contribution in [0, 0.1) is 17.5 Å². The lowest BCUT2D eigenvalue weighted by molar-refractivity contribution is 0.347. The van der Waals surface area contributed by atoms with Crippen molar-refractivity contribution in [3.8, 4) is 0 Å². The highest BCUT2D eigenvalue weighted by Gasteiger charge is 2.16. The molecule has 108 valence electrons. The summed E-state index contributed by atoms with van der Waals surface area (Å²) in [7, 11) is 0. The summed E-state index contributed by atoms with van der Waals surface area (Å²) in [5, 5.41) is 10.5. The van der Waals surface area contributed by atoms with E-state index in [0.29, 0.717) is 5.69 Å². The zero-order valence-corrected chi connectivity index (χ0v) is 11.4. The van der Waals surface area contributed by atoms with Crippen LogP contribution in [-0.2, 0) is 12.1 Å². The quantitative estimate of drug-likeness (QED) is 0.881. The second kappa shape index (κ2) is 5.15. The number of aromatic nitrogens is 3. The second-order valence-corrected chi connectivity index (χ2v) is 5.40. The first-order valence-corrected chi connectivity index (χ1v) is 6.08. The molecule has 4 nitrogen and oxygen atoms in total. The van der Waals surface area contributed by atoms with Crippen LogP contribution in [0.25, 0.3) is 0 Å². The Labute approximate surface area is 114 Å². The van der Waals surface area contributed by atoms with Crippen LogP contribution in [0.3, 0.4) is 0 Å². The SMILES string of the molecule is CC(C)(C)n1cc(CNc2ccc(F)c(F)c2F)nn1. The minimum absolute atomic E-state index is 0.116. The molecule has 20 heavy (non-hydrogen) atoms. The van der Waals surface area contributed by atoms with Gasteiger partial charge in [-0.15, -0.1) is 5.10 Å². The molecule has 0 aliphatic carbocycles. The van der Waals surface area contributed by atoms with E-state index in [9.17, 15) is 13.2 Å². The fraction of sp³-hybridized carbons (Fsp3) is 0.385. The van der Waals surface area contributed by atoms with Gasteiger partial charge in [0.15, 0.2) is 17.5 Å². The molecule has 1 N–H and O–H groups in total. The average molecular weight is 284 g/mol. The fourth-order valence-corrected chi connectivity index (χ4v) is 1.56. The topological polar surface area (TPSA) is 42.7 Å². The smallest absolute Gasteiger partial charge is 0.196 e. The van der Waals surface area contributed by atoms with Gasteiger partial charge in [0.1, 0.15) is 5.69 Å². The molecule has 1 aromatic heterocycles. The van der Waals surface area contributed by atoms with Crippen molar-refractivity contribution in [2.45, 2.75) is 32.9 Å². The van der Waals surface area contributed by atoms with Crippen LogP contribution < -0.4 is 5.32 Å². The highest BCUT2D eigenvalue weighted by atomic mass is 19.2. The van der Waals surface area contributed by atoms with Gasteiger partial charge in [0, 0.05) is 0 Å². The zero-order chi connectivity index (χ0) is 14.9. The van der Waals surface area contributed by atoms with Gasteiger partial charge in [-0.1, -0.05) is 5.21 Å². The molecule has 7 heteroatoms. The molecule has 2 aromatic rings. The number of benzene rings is 1. The Morgan fingerprint density at radius 2 is 1.85 bits per heavy atom. The first kappa shape index (κ1) is 14.4. The molecule has 1 heterocycles. The predicted molar refractivity (Wildman–Crippen MR) is 68.7 cm³/mol. The largest absolute Gasteiger partial charge is 0.377 e.